The Morgan fingerprint density at radius 1 is 1.17 bits per heavy atom. The molecule has 2 N–H and O–H groups in total. The van der Waals surface area contributed by atoms with Crippen LogP contribution in [0.5, 0.6) is 0 Å². The predicted molar refractivity (Wildman–Crippen MR) is 80.0 cm³/mol. The van der Waals surface area contributed by atoms with Gasteiger partial charge in [-0.15, -0.1) is 0 Å². The molecule has 2 unspecified atom stereocenters. The highest BCUT2D eigenvalue weighted by atomic mass is 15.2. The molecule has 0 saturated carbocycles. The van der Waals surface area contributed by atoms with Crippen LogP contribution in [0.1, 0.15) is 48.6 Å². The lowest BCUT2D eigenvalue weighted by Crippen LogP contribution is -2.37. The molecule has 0 amide bonds. The minimum Gasteiger partial charge on any atom is -0.329 e. The quantitative estimate of drug-likeness (QED) is 0.866. The van der Waals surface area contributed by atoms with Gasteiger partial charge in [-0.2, -0.15) is 0 Å². The van der Waals surface area contributed by atoms with Gasteiger partial charge in [0.05, 0.1) is 0 Å². The average Bonchev–Trinajstić information content (AvgIpc) is 2.31. The topological polar surface area (TPSA) is 29.3 Å². The van der Waals surface area contributed by atoms with Gasteiger partial charge in [0.1, 0.15) is 0 Å². The van der Waals surface area contributed by atoms with Crippen molar-refractivity contribution in [2.45, 2.75) is 53.1 Å². The second kappa shape index (κ2) is 6.35. The van der Waals surface area contributed by atoms with Crippen LogP contribution in [0.4, 0.5) is 0 Å². The molecule has 0 aromatic heterocycles. The Bertz CT molecular complexity index is 375. The minimum atomic E-state index is 0.320. The van der Waals surface area contributed by atoms with E-state index >= 15 is 0 Å². The van der Waals surface area contributed by atoms with Crippen LogP contribution in [0.15, 0.2) is 12.1 Å². The highest BCUT2D eigenvalue weighted by molar-refractivity contribution is 5.40. The highest BCUT2D eigenvalue weighted by Gasteiger charge is 2.22. The van der Waals surface area contributed by atoms with Gasteiger partial charge >= 0.3 is 0 Å². The number of hydrogen-bond acceptors (Lipinski definition) is 2. The summed E-state index contributed by atoms with van der Waals surface area (Å²) in [5.74, 6) is 0. The van der Waals surface area contributed by atoms with Crippen LogP contribution in [0.25, 0.3) is 0 Å². The van der Waals surface area contributed by atoms with Crippen molar-refractivity contribution in [2.75, 3.05) is 13.6 Å². The summed E-state index contributed by atoms with van der Waals surface area (Å²) < 4.78 is 0. The fraction of sp³-hybridized carbons (Fsp3) is 0.625. The summed E-state index contributed by atoms with van der Waals surface area (Å²) >= 11 is 0. The van der Waals surface area contributed by atoms with E-state index in [1.54, 1.807) is 0 Å². The zero-order chi connectivity index (χ0) is 13.9. The number of benzene rings is 1. The molecule has 1 aromatic rings. The van der Waals surface area contributed by atoms with E-state index in [2.05, 4.69) is 58.7 Å². The smallest absolute Gasteiger partial charge is 0.0475 e. The second-order valence-electron chi connectivity index (χ2n) is 5.49. The van der Waals surface area contributed by atoms with Gasteiger partial charge in [-0.3, -0.25) is 4.90 Å². The molecule has 0 spiro atoms. The summed E-state index contributed by atoms with van der Waals surface area (Å²) in [6.45, 7) is 11.7. The van der Waals surface area contributed by atoms with Crippen molar-refractivity contribution in [3.05, 3.63) is 34.4 Å². The molecule has 18 heavy (non-hydrogen) atoms. The first kappa shape index (κ1) is 15.2. The molecule has 2 heteroatoms. The summed E-state index contributed by atoms with van der Waals surface area (Å²) in [5, 5.41) is 0. The summed E-state index contributed by atoms with van der Waals surface area (Å²) in [7, 11) is 2.18. The number of aryl methyl sites for hydroxylation is 3. The normalized spacial score (nSPS) is 14.9. The first-order chi connectivity index (χ1) is 8.42. The highest BCUT2D eigenvalue weighted by Crippen LogP contribution is 2.28. The van der Waals surface area contributed by atoms with E-state index in [9.17, 15) is 0 Å². The van der Waals surface area contributed by atoms with E-state index in [1.807, 2.05) is 0 Å². The van der Waals surface area contributed by atoms with Crippen LogP contribution in [-0.2, 0) is 0 Å². The van der Waals surface area contributed by atoms with Crippen LogP contribution < -0.4 is 5.73 Å². The molecular weight excluding hydrogens is 220 g/mol. The lowest BCUT2D eigenvalue weighted by molar-refractivity contribution is 0.183. The van der Waals surface area contributed by atoms with Crippen molar-refractivity contribution < 1.29 is 0 Å². The summed E-state index contributed by atoms with van der Waals surface area (Å²) in [6, 6.07) is 5.39. The lowest BCUT2D eigenvalue weighted by atomic mass is 9.92. The molecule has 0 heterocycles. The molecule has 0 saturated heterocycles. The van der Waals surface area contributed by atoms with Crippen LogP contribution in [0.2, 0.25) is 0 Å². The van der Waals surface area contributed by atoms with E-state index in [0.29, 0.717) is 18.6 Å². The number of likely N-dealkylation sites (N-methyl/N-ethyl adjacent to an activating group) is 1. The number of nitrogens with zero attached hydrogens (tertiary/aromatic N) is 1. The Hall–Kier alpha value is -0.860. The minimum absolute atomic E-state index is 0.320. The van der Waals surface area contributed by atoms with Crippen LogP contribution >= 0.6 is 0 Å². The summed E-state index contributed by atoms with van der Waals surface area (Å²) in [5.41, 5.74) is 11.5. The van der Waals surface area contributed by atoms with E-state index in [1.165, 1.54) is 22.3 Å². The zero-order valence-corrected chi connectivity index (χ0v) is 12.7. The van der Waals surface area contributed by atoms with Gasteiger partial charge in [-0.05, 0) is 57.9 Å². The molecule has 0 aliphatic rings. The summed E-state index contributed by atoms with van der Waals surface area (Å²) in [6.07, 6.45) is 1.15. The molecule has 1 aromatic carbocycles. The van der Waals surface area contributed by atoms with Crippen LogP contribution in [-0.4, -0.2) is 24.5 Å². The van der Waals surface area contributed by atoms with Crippen molar-refractivity contribution in [3.63, 3.8) is 0 Å². The van der Waals surface area contributed by atoms with Gasteiger partial charge in [0, 0.05) is 18.6 Å². The third-order valence-electron chi connectivity index (χ3n) is 4.07. The molecule has 0 radical (unpaired) electrons. The summed E-state index contributed by atoms with van der Waals surface area (Å²) in [4.78, 5) is 2.41. The van der Waals surface area contributed by atoms with Crippen LogP contribution in [0.3, 0.4) is 0 Å². The number of nitrogens with two attached hydrogens (primary N) is 1. The maximum absolute atomic E-state index is 6.03. The van der Waals surface area contributed by atoms with Crippen LogP contribution in [0, 0.1) is 20.8 Å². The average molecular weight is 248 g/mol. The van der Waals surface area contributed by atoms with E-state index in [4.69, 9.17) is 5.73 Å². The van der Waals surface area contributed by atoms with Gasteiger partial charge in [0.15, 0.2) is 0 Å². The third-order valence-corrected chi connectivity index (χ3v) is 4.07. The molecule has 0 fully saturated rings. The van der Waals surface area contributed by atoms with Crippen molar-refractivity contribution in [2.24, 2.45) is 5.73 Å². The van der Waals surface area contributed by atoms with Gasteiger partial charge in [-0.25, -0.2) is 0 Å². The van der Waals surface area contributed by atoms with Gasteiger partial charge in [0.25, 0.3) is 0 Å². The molecule has 102 valence electrons. The SMILES string of the molecule is CCC(C)N(C)C(CN)c1c(C)cc(C)cc1C. The van der Waals surface area contributed by atoms with E-state index < -0.39 is 0 Å². The van der Waals surface area contributed by atoms with Crippen molar-refractivity contribution in [1.29, 1.82) is 0 Å². The molecule has 0 bridgehead atoms. The van der Waals surface area contributed by atoms with Crippen molar-refractivity contribution in [3.8, 4) is 0 Å². The fourth-order valence-corrected chi connectivity index (χ4v) is 2.80. The molecule has 2 atom stereocenters. The zero-order valence-electron chi connectivity index (χ0n) is 12.7. The maximum Gasteiger partial charge on any atom is 0.0475 e. The van der Waals surface area contributed by atoms with Crippen molar-refractivity contribution in [1.82, 2.24) is 4.90 Å². The Morgan fingerprint density at radius 3 is 2.06 bits per heavy atom. The first-order valence-corrected chi connectivity index (χ1v) is 6.92. The number of hydrogen-bond donors (Lipinski definition) is 1. The van der Waals surface area contributed by atoms with Crippen molar-refractivity contribution >= 4 is 0 Å². The largest absolute Gasteiger partial charge is 0.329 e. The second-order valence-corrected chi connectivity index (χ2v) is 5.49. The lowest BCUT2D eigenvalue weighted by Gasteiger charge is -2.34. The molecular formula is C16H28N2. The van der Waals surface area contributed by atoms with Gasteiger partial charge in [0.2, 0.25) is 0 Å². The third kappa shape index (κ3) is 3.12. The maximum atomic E-state index is 6.03. The monoisotopic (exact) mass is 248 g/mol. The first-order valence-electron chi connectivity index (χ1n) is 6.92. The number of rotatable bonds is 5. The van der Waals surface area contributed by atoms with Gasteiger partial charge < -0.3 is 5.73 Å². The Kier molecular flexibility index (Phi) is 5.36. The van der Waals surface area contributed by atoms with Gasteiger partial charge in [-0.1, -0.05) is 24.6 Å². The molecule has 0 aliphatic carbocycles. The molecule has 0 aliphatic heterocycles. The Balaban J connectivity index is 3.17. The Morgan fingerprint density at radius 2 is 1.67 bits per heavy atom. The molecule has 2 nitrogen and oxygen atoms in total. The standard InChI is InChI=1S/C16H28N2/c1-7-14(5)18(6)15(10-17)16-12(3)8-11(2)9-13(16)4/h8-9,14-15H,7,10,17H2,1-6H3. The fourth-order valence-electron chi connectivity index (χ4n) is 2.80. The van der Waals surface area contributed by atoms with E-state index in [0.717, 1.165) is 6.42 Å². The predicted octanol–water partition coefficient (Wildman–Crippen LogP) is 3.34. The Labute approximate surface area is 112 Å². The molecule has 1 rings (SSSR count). The van der Waals surface area contributed by atoms with E-state index in [-0.39, 0.29) is 0 Å².